The predicted molar refractivity (Wildman–Crippen MR) is 83.4 cm³/mol. The fraction of sp³-hybridized carbons (Fsp3) is 0.235. The summed E-state index contributed by atoms with van der Waals surface area (Å²) in [5.41, 5.74) is 4.65. The first-order chi connectivity index (χ1) is 11.9. The zero-order chi connectivity index (χ0) is 18.0. The van der Waals surface area contributed by atoms with Crippen molar-refractivity contribution in [3.05, 3.63) is 53.7 Å². The first-order valence-electron chi connectivity index (χ1n) is 7.57. The van der Waals surface area contributed by atoms with Crippen LogP contribution in [0.15, 0.2) is 36.5 Å². The van der Waals surface area contributed by atoms with Gasteiger partial charge in [0, 0.05) is 24.4 Å². The summed E-state index contributed by atoms with van der Waals surface area (Å²) >= 11 is 0. The van der Waals surface area contributed by atoms with Gasteiger partial charge in [-0.15, -0.1) is 0 Å². The van der Waals surface area contributed by atoms with Crippen LogP contribution in [0.3, 0.4) is 0 Å². The molecule has 130 valence electrons. The minimum atomic E-state index is -1.12. The van der Waals surface area contributed by atoms with Crippen molar-refractivity contribution in [3.63, 3.8) is 0 Å². The van der Waals surface area contributed by atoms with E-state index in [1.807, 2.05) is 0 Å². The Labute approximate surface area is 142 Å². The molecule has 25 heavy (non-hydrogen) atoms. The van der Waals surface area contributed by atoms with Gasteiger partial charge in [-0.05, 0) is 31.0 Å². The van der Waals surface area contributed by atoms with Crippen LogP contribution in [0.1, 0.15) is 18.4 Å². The number of pyridine rings is 1. The second-order valence-corrected chi connectivity index (χ2v) is 5.77. The molecule has 0 aliphatic heterocycles. The van der Waals surface area contributed by atoms with Crippen molar-refractivity contribution in [1.82, 2.24) is 10.3 Å². The largest absolute Gasteiger partial charge is 0.439 e. The molecule has 1 aliphatic rings. The summed E-state index contributed by atoms with van der Waals surface area (Å²) in [6, 6.07) is 6.41. The first-order valence-corrected chi connectivity index (χ1v) is 7.57. The van der Waals surface area contributed by atoms with E-state index in [0.717, 1.165) is 12.1 Å². The van der Waals surface area contributed by atoms with Crippen molar-refractivity contribution in [2.75, 3.05) is 0 Å². The van der Waals surface area contributed by atoms with Crippen LogP contribution in [-0.2, 0) is 16.1 Å². The Morgan fingerprint density at radius 1 is 1.24 bits per heavy atom. The molecular formula is C17H15F2N3O3. The molecule has 0 radical (unpaired) electrons. The summed E-state index contributed by atoms with van der Waals surface area (Å²) in [6.07, 6.45) is 2.32. The van der Waals surface area contributed by atoms with Gasteiger partial charge in [-0.25, -0.2) is 13.8 Å². The van der Waals surface area contributed by atoms with Crippen molar-refractivity contribution < 1.29 is 23.1 Å². The van der Waals surface area contributed by atoms with Crippen LogP contribution in [-0.4, -0.2) is 16.8 Å². The highest BCUT2D eigenvalue weighted by Gasteiger charge is 2.55. The number of amides is 2. The summed E-state index contributed by atoms with van der Waals surface area (Å²) in [6.45, 7) is 0.0563. The van der Waals surface area contributed by atoms with Crippen LogP contribution in [0.25, 0.3) is 0 Å². The van der Waals surface area contributed by atoms with Gasteiger partial charge in [0.1, 0.15) is 11.2 Å². The smallest absolute Gasteiger partial charge is 0.235 e. The van der Waals surface area contributed by atoms with Gasteiger partial charge in [-0.1, -0.05) is 6.07 Å². The lowest BCUT2D eigenvalue weighted by Crippen LogP contribution is -2.40. The topological polar surface area (TPSA) is 94.3 Å². The third-order valence-corrected chi connectivity index (χ3v) is 4.05. The number of hydrogen-bond donors (Lipinski definition) is 2. The van der Waals surface area contributed by atoms with E-state index >= 15 is 0 Å². The minimum Gasteiger partial charge on any atom is -0.439 e. The molecule has 1 fully saturated rings. The Hall–Kier alpha value is -3.03. The van der Waals surface area contributed by atoms with Crippen molar-refractivity contribution >= 4 is 11.8 Å². The molecule has 2 aromatic rings. The van der Waals surface area contributed by atoms with Gasteiger partial charge in [0.05, 0.1) is 0 Å². The fourth-order valence-corrected chi connectivity index (χ4v) is 2.36. The number of nitrogens with two attached hydrogens (primary N) is 1. The van der Waals surface area contributed by atoms with E-state index in [9.17, 15) is 18.4 Å². The molecule has 8 heteroatoms. The predicted octanol–water partition coefficient (Wildman–Crippen LogP) is 2.03. The Kier molecular flexibility index (Phi) is 4.35. The summed E-state index contributed by atoms with van der Waals surface area (Å²) in [5.74, 6) is -2.90. The molecule has 3 rings (SSSR count). The zero-order valence-electron chi connectivity index (χ0n) is 13.1. The van der Waals surface area contributed by atoms with Crippen LogP contribution < -0.4 is 15.8 Å². The lowest BCUT2D eigenvalue weighted by Gasteiger charge is -2.13. The van der Waals surface area contributed by atoms with Gasteiger partial charge in [-0.2, -0.15) is 0 Å². The molecule has 1 heterocycles. The number of benzene rings is 1. The molecule has 0 bridgehead atoms. The SMILES string of the molecule is NC(=O)C1(C(=O)NCc2cccnc2Oc2ccc(F)c(F)c2)CC1. The summed E-state index contributed by atoms with van der Waals surface area (Å²) in [4.78, 5) is 27.5. The van der Waals surface area contributed by atoms with Gasteiger partial charge in [0.25, 0.3) is 0 Å². The molecule has 0 unspecified atom stereocenters. The second kappa shape index (κ2) is 6.46. The highest BCUT2D eigenvalue weighted by atomic mass is 19.2. The third kappa shape index (κ3) is 3.42. The van der Waals surface area contributed by atoms with E-state index in [-0.39, 0.29) is 18.2 Å². The molecule has 3 N–H and O–H groups in total. The molecular weight excluding hydrogens is 332 g/mol. The number of ether oxygens (including phenoxy) is 1. The molecule has 2 amide bonds. The normalized spacial score (nSPS) is 14.6. The molecule has 1 saturated carbocycles. The average molecular weight is 347 g/mol. The van der Waals surface area contributed by atoms with Crippen molar-refractivity contribution in [2.45, 2.75) is 19.4 Å². The first kappa shape index (κ1) is 16.8. The molecule has 1 aromatic carbocycles. The number of rotatable bonds is 6. The second-order valence-electron chi connectivity index (χ2n) is 5.77. The highest BCUT2D eigenvalue weighted by Crippen LogP contribution is 2.45. The number of nitrogens with zero attached hydrogens (tertiary/aromatic N) is 1. The Balaban J connectivity index is 1.72. The number of carbonyl (C=O) groups is 2. The van der Waals surface area contributed by atoms with Gasteiger partial charge in [-0.3, -0.25) is 9.59 Å². The van der Waals surface area contributed by atoms with E-state index in [0.29, 0.717) is 18.4 Å². The lowest BCUT2D eigenvalue weighted by atomic mass is 10.1. The number of carbonyl (C=O) groups excluding carboxylic acids is 2. The van der Waals surface area contributed by atoms with E-state index in [1.54, 1.807) is 12.1 Å². The summed E-state index contributed by atoms with van der Waals surface area (Å²) in [7, 11) is 0. The van der Waals surface area contributed by atoms with Crippen molar-refractivity contribution in [3.8, 4) is 11.6 Å². The standard InChI is InChI=1S/C17H15F2N3O3/c18-12-4-3-11(8-13(12)19)25-14-10(2-1-7-21-14)9-22-16(24)17(5-6-17)15(20)23/h1-4,7-8H,5-6,9H2,(H2,20,23)(H,22,24). The van der Waals surface area contributed by atoms with Gasteiger partial charge in [0.15, 0.2) is 11.6 Å². The maximum atomic E-state index is 13.3. The Morgan fingerprint density at radius 3 is 2.64 bits per heavy atom. The maximum absolute atomic E-state index is 13.3. The molecule has 0 saturated heterocycles. The number of aromatic nitrogens is 1. The monoisotopic (exact) mass is 347 g/mol. The van der Waals surface area contributed by atoms with E-state index < -0.39 is 28.9 Å². The van der Waals surface area contributed by atoms with Crippen molar-refractivity contribution in [1.29, 1.82) is 0 Å². The molecule has 1 aliphatic carbocycles. The Bertz CT molecular complexity index is 838. The summed E-state index contributed by atoms with van der Waals surface area (Å²) in [5, 5.41) is 2.64. The van der Waals surface area contributed by atoms with Crippen LogP contribution >= 0.6 is 0 Å². The number of halogens is 2. The van der Waals surface area contributed by atoms with Crippen LogP contribution in [0.5, 0.6) is 11.6 Å². The number of nitrogens with one attached hydrogen (secondary N) is 1. The molecule has 0 atom stereocenters. The van der Waals surface area contributed by atoms with Crippen LogP contribution in [0.4, 0.5) is 8.78 Å². The maximum Gasteiger partial charge on any atom is 0.235 e. The number of hydrogen-bond acceptors (Lipinski definition) is 4. The van der Waals surface area contributed by atoms with Gasteiger partial charge in [0.2, 0.25) is 17.7 Å². The van der Waals surface area contributed by atoms with Crippen molar-refractivity contribution in [2.24, 2.45) is 11.1 Å². The van der Waals surface area contributed by atoms with E-state index in [2.05, 4.69) is 10.3 Å². The summed E-state index contributed by atoms with van der Waals surface area (Å²) < 4.78 is 31.7. The van der Waals surface area contributed by atoms with Gasteiger partial charge < -0.3 is 15.8 Å². The quantitative estimate of drug-likeness (QED) is 0.782. The molecule has 0 spiro atoms. The van der Waals surface area contributed by atoms with Crippen LogP contribution in [0, 0.1) is 17.0 Å². The van der Waals surface area contributed by atoms with E-state index in [1.165, 1.54) is 12.3 Å². The Morgan fingerprint density at radius 2 is 2.00 bits per heavy atom. The average Bonchev–Trinajstić information content (AvgIpc) is 3.39. The van der Waals surface area contributed by atoms with Crippen LogP contribution in [0.2, 0.25) is 0 Å². The molecule has 1 aromatic heterocycles. The van der Waals surface area contributed by atoms with E-state index in [4.69, 9.17) is 10.5 Å². The minimum absolute atomic E-state index is 0.0563. The number of primary amides is 1. The zero-order valence-corrected chi connectivity index (χ0v) is 13.1. The van der Waals surface area contributed by atoms with Gasteiger partial charge >= 0.3 is 0 Å². The molecule has 6 nitrogen and oxygen atoms in total. The highest BCUT2D eigenvalue weighted by molar-refractivity contribution is 6.07. The lowest BCUT2D eigenvalue weighted by molar-refractivity contribution is -0.135. The third-order valence-electron chi connectivity index (χ3n) is 4.05. The fourth-order valence-electron chi connectivity index (χ4n) is 2.36.